The Balaban J connectivity index is 1.08. The average Bonchev–Trinajstić information content (AvgIpc) is 4.00. The van der Waals surface area contributed by atoms with E-state index >= 15 is 0 Å². The monoisotopic (exact) mass is 781 g/mol. The van der Waals surface area contributed by atoms with Crippen LogP contribution in [0.2, 0.25) is 0 Å². The summed E-state index contributed by atoms with van der Waals surface area (Å²) in [7, 11) is 0. The number of amidine groups is 2. The number of nitrogens with zero attached hydrogens (tertiary/aromatic N) is 4. The molecule has 0 spiro atoms. The van der Waals surface area contributed by atoms with Crippen molar-refractivity contribution in [2.45, 2.75) is 6.17 Å². The fourth-order valence-corrected chi connectivity index (χ4v) is 9.73. The van der Waals surface area contributed by atoms with Crippen LogP contribution in [0.5, 0.6) is 0 Å². The summed E-state index contributed by atoms with van der Waals surface area (Å²) in [5.74, 6) is 1.42. The van der Waals surface area contributed by atoms with Crippen LogP contribution in [-0.4, -0.2) is 20.8 Å². The van der Waals surface area contributed by atoms with Gasteiger partial charge in [-0.05, 0) is 53.9 Å². The lowest BCUT2D eigenvalue weighted by molar-refractivity contribution is 0.671. The highest BCUT2D eigenvalue weighted by Crippen LogP contribution is 2.43. The quantitative estimate of drug-likeness (QED) is 0.189. The number of benzene rings is 9. The molecule has 13 rings (SSSR count). The van der Waals surface area contributed by atoms with Gasteiger partial charge in [0.1, 0.15) is 23.2 Å². The van der Waals surface area contributed by atoms with Crippen molar-refractivity contribution in [3.8, 4) is 11.4 Å². The van der Waals surface area contributed by atoms with Crippen LogP contribution in [-0.2, 0) is 0 Å². The molecule has 0 radical (unpaired) electrons. The summed E-state index contributed by atoms with van der Waals surface area (Å²) in [6.07, 6.45) is -0.438. The van der Waals surface area contributed by atoms with Crippen molar-refractivity contribution in [2.24, 2.45) is 9.98 Å². The molecular formula is C55H35N5O. The zero-order valence-electron chi connectivity index (χ0n) is 32.8. The minimum absolute atomic E-state index is 0.438. The second-order valence-electron chi connectivity index (χ2n) is 15.7. The third-order valence-electron chi connectivity index (χ3n) is 12.4. The van der Waals surface area contributed by atoms with Crippen LogP contribution in [0.4, 0.5) is 0 Å². The molecule has 6 nitrogen and oxygen atoms in total. The SMILES string of the molecule is c1ccc(C2=NC(c3ccccc3-n3c4ccccc4c4ccc5c6ccccc6n(-c6ccccc6)c5c43)=NC(c3cccc4c3ccc3c5ccccc5oc43)N2)cc1. The summed E-state index contributed by atoms with van der Waals surface area (Å²) >= 11 is 0. The van der Waals surface area contributed by atoms with Crippen molar-refractivity contribution >= 4 is 88.0 Å². The summed E-state index contributed by atoms with van der Waals surface area (Å²) in [5.41, 5.74) is 11.4. The predicted octanol–water partition coefficient (Wildman–Crippen LogP) is 13.4. The molecule has 0 bridgehead atoms. The lowest BCUT2D eigenvalue weighted by Gasteiger charge is -2.25. The highest BCUT2D eigenvalue weighted by molar-refractivity contribution is 6.24. The summed E-state index contributed by atoms with van der Waals surface area (Å²) in [6.45, 7) is 0. The lowest BCUT2D eigenvalue weighted by Crippen LogP contribution is -2.33. The Morgan fingerprint density at radius 3 is 1.80 bits per heavy atom. The van der Waals surface area contributed by atoms with Crippen molar-refractivity contribution < 1.29 is 4.42 Å². The first-order chi connectivity index (χ1) is 30.3. The maximum Gasteiger partial charge on any atom is 0.161 e. The molecule has 1 aliphatic rings. The Kier molecular flexibility index (Phi) is 7.27. The van der Waals surface area contributed by atoms with Crippen molar-refractivity contribution in [3.05, 3.63) is 217 Å². The first-order valence-corrected chi connectivity index (χ1v) is 20.7. The number of rotatable bonds is 5. The largest absolute Gasteiger partial charge is 0.455 e. The van der Waals surface area contributed by atoms with Crippen LogP contribution in [0.15, 0.2) is 215 Å². The van der Waals surface area contributed by atoms with Gasteiger partial charge in [-0.1, -0.05) is 152 Å². The molecule has 4 heterocycles. The molecule has 9 aromatic carbocycles. The van der Waals surface area contributed by atoms with Crippen molar-refractivity contribution in [3.63, 3.8) is 0 Å². The Hall–Kier alpha value is -8.22. The molecule has 0 amide bonds. The molecule has 0 fully saturated rings. The molecule has 1 aliphatic heterocycles. The molecule has 1 atom stereocenters. The maximum absolute atomic E-state index is 6.52. The van der Waals surface area contributed by atoms with E-state index in [1.807, 2.05) is 18.2 Å². The second-order valence-corrected chi connectivity index (χ2v) is 15.7. The highest BCUT2D eigenvalue weighted by atomic mass is 16.3. The van der Waals surface area contributed by atoms with Gasteiger partial charge in [-0.25, -0.2) is 9.98 Å². The smallest absolute Gasteiger partial charge is 0.161 e. The first kappa shape index (κ1) is 33.7. The number of aromatic nitrogens is 2. The molecule has 1 N–H and O–H groups in total. The van der Waals surface area contributed by atoms with E-state index in [4.69, 9.17) is 14.4 Å². The van der Waals surface area contributed by atoms with Gasteiger partial charge in [-0.15, -0.1) is 0 Å². The van der Waals surface area contributed by atoms with Crippen LogP contribution in [0, 0.1) is 0 Å². The number of para-hydroxylation sites is 5. The number of furan rings is 1. The molecule has 1 unspecified atom stereocenters. The van der Waals surface area contributed by atoms with Crippen molar-refractivity contribution in [2.75, 3.05) is 0 Å². The number of hydrogen-bond acceptors (Lipinski definition) is 4. The minimum Gasteiger partial charge on any atom is -0.455 e. The molecule has 12 aromatic rings. The van der Waals surface area contributed by atoms with E-state index in [0.29, 0.717) is 5.84 Å². The zero-order valence-corrected chi connectivity index (χ0v) is 32.8. The van der Waals surface area contributed by atoms with Gasteiger partial charge in [-0.3, -0.25) is 0 Å². The Labute approximate surface area is 349 Å². The van der Waals surface area contributed by atoms with Crippen molar-refractivity contribution in [1.29, 1.82) is 0 Å². The highest BCUT2D eigenvalue weighted by Gasteiger charge is 2.27. The molecule has 0 saturated heterocycles. The van der Waals surface area contributed by atoms with Gasteiger partial charge in [0.25, 0.3) is 0 Å². The van der Waals surface area contributed by atoms with Gasteiger partial charge in [0, 0.05) is 60.1 Å². The summed E-state index contributed by atoms with van der Waals surface area (Å²) in [5, 5.41) is 12.9. The van der Waals surface area contributed by atoms with Gasteiger partial charge >= 0.3 is 0 Å². The molecule has 6 heteroatoms. The van der Waals surface area contributed by atoms with Crippen molar-refractivity contribution in [1.82, 2.24) is 14.5 Å². The van der Waals surface area contributed by atoms with E-state index in [2.05, 4.69) is 196 Å². The first-order valence-electron chi connectivity index (χ1n) is 20.7. The van der Waals surface area contributed by atoms with Gasteiger partial charge in [0.2, 0.25) is 0 Å². The van der Waals surface area contributed by atoms with E-state index < -0.39 is 6.17 Å². The van der Waals surface area contributed by atoms with E-state index in [9.17, 15) is 0 Å². The third kappa shape index (κ3) is 5.03. The number of fused-ring (bicyclic) bond motifs is 12. The van der Waals surface area contributed by atoms with Crippen LogP contribution >= 0.6 is 0 Å². The van der Waals surface area contributed by atoms with Crippen LogP contribution in [0.25, 0.3) is 87.7 Å². The number of nitrogens with one attached hydrogen (secondary N) is 1. The van der Waals surface area contributed by atoms with E-state index in [0.717, 1.165) is 83.2 Å². The van der Waals surface area contributed by atoms with E-state index in [1.165, 1.54) is 27.1 Å². The molecule has 3 aromatic heterocycles. The van der Waals surface area contributed by atoms with Crippen LogP contribution in [0.1, 0.15) is 22.9 Å². The summed E-state index contributed by atoms with van der Waals surface area (Å²) in [6, 6.07) is 70.8. The Morgan fingerprint density at radius 2 is 1.02 bits per heavy atom. The van der Waals surface area contributed by atoms with Gasteiger partial charge in [0.05, 0.1) is 27.8 Å². The zero-order chi connectivity index (χ0) is 40.0. The normalized spacial score (nSPS) is 14.4. The van der Waals surface area contributed by atoms with Gasteiger partial charge < -0.3 is 18.9 Å². The Morgan fingerprint density at radius 1 is 0.443 bits per heavy atom. The van der Waals surface area contributed by atoms with E-state index in [1.54, 1.807) is 0 Å². The molecular weight excluding hydrogens is 747 g/mol. The molecule has 0 aliphatic carbocycles. The maximum atomic E-state index is 6.52. The third-order valence-corrected chi connectivity index (χ3v) is 12.4. The number of aliphatic imine (C=N–C) groups is 2. The average molecular weight is 782 g/mol. The minimum atomic E-state index is -0.438. The van der Waals surface area contributed by atoms with Crippen LogP contribution in [0.3, 0.4) is 0 Å². The summed E-state index contributed by atoms with van der Waals surface area (Å²) < 4.78 is 11.4. The fraction of sp³-hybridized carbons (Fsp3) is 0.0182. The number of hydrogen-bond donors (Lipinski definition) is 1. The topological polar surface area (TPSA) is 59.8 Å². The fourth-order valence-electron chi connectivity index (χ4n) is 9.73. The van der Waals surface area contributed by atoms with Gasteiger partial charge in [-0.2, -0.15) is 0 Å². The lowest BCUT2D eigenvalue weighted by atomic mass is 9.99. The molecule has 286 valence electrons. The predicted molar refractivity (Wildman–Crippen MR) is 252 cm³/mol. The summed E-state index contributed by atoms with van der Waals surface area (Å²) in [4.78, 5) is 10.9. The van der Waals surface area contributed by atoms with E-state index in [-0.39, 0.29) is 0 Å². The Bertz CT molecular complexity index is 3800. The standard InChI is InChI=1S/C55H35N5O/c1-3-16-34(17-4-1)53-56-54(44-25-15-24-42-36(44)30-33-43-39-22-10-14-29-49(39)61-52(42)43)58-55(57-53)45-23-9-13-28-48(45)60-47-27-12-8-21-38(47)41-32-31-40-37-20-7-11-26-46(37)59(50(40)51(41)60)35-18-5-2-6-19-35/h1-33,54H,(H,56,57,58). The molecule has 0 saturated carbocycles. The van der Waals surface area contributed by atoms with Gasteiger partial charge in [0.15, 0.2) is 5.84 Å². The van der Waals surface area contributed by atoms with Crippen LogP contribution < -0.4 is 5.32 Å². The second kappa shape index (κ2) is 13.1. The molecule has 61 heavy (non-hydrogen) atoms.